The maximum Gasteiger partial charge on any atom is 0.108 e. The second-order valence-electron chi connectivity index (χ2n) is 2.29. The number of hydrogen-bond acceptors (Lipinski definition) is 3. The van der Waals surface area contributed by atoms with Crippen LogP contribution in [0.4, 0.5) is 0 Å². The van der Waals surface area contributed by atoms with Crippen LogP contribution in [0, 0.1) is 6.29 Å². The van der Waals surface area contributed by atoms with Gasteiger partial charge in [-0.05, 0) is 0 Å². The van der Waals surface area contributed by atoms with Gasteiger partial charge in [-0.2, -0.15) is 6.29 Å². The largest absolute Gasteiger partial charge is 0.860 e. The SMILES string of the molecule is [O-][C]([O-])[C@@H]1CC(O)C[NH2+]1. The summed E-state index contributed by atoms with van der Waals surface area (Å²) in [7, 11) is 0. The van der Waals surface area contributed by atoms with Gasteiger partial charge in [-0.3, -0.25) is 0 Å². The minimum atomic E-state index is -1.08. The molecular formula is C5H9NO3-. The van der Waals surface area contributed by atoms with E-state index in [1.807, 2.05) is 0 Å². The number of rotatable bonds is 1. The molecule has 1 fully saturated rings. The molecule has 0 aromatic rings. The van der Waals surface area contributed by atoms with Crippen molar-refractivity contribution in [2.24, 2.45) is 0 Å². The van der Waals surface area contributed by atoms with Gasteiger partial charge >= 0.3 is 0 Å². The van der Waals surface area contributed by atoms with Gasteiger partial charge in [0, 0.05) is 6.42 Å². The van der Waals surface area contributed by atoms with E-state index in [-0.39, 0.29) is 0 Å². The molecule has 53 valence electrons. The third-order valence-electron chi connectivity index (χ3n) is 1.52. The lowest BCUT2D eigenvalue weighted by atomic mass is 10.2. The molecule has 0 amide bonds. The molecule has 0 aliphatic carbocycles. The molecule has 2 atom stereocenters. The van der Waals surface area contributed by atoms with Crippen molar-refractivity contribution in [2.75, 3.05) is 6.54 Å². The summed E-state index contributed by atoms with van der Waals surface area (Å²) in [6.07, 6.45) is -1.22. The van der Waals surface area contributed by atoms with Crippen LogP contribution < -0.4 is 15.5 Å². The number of quaternary nitrogens is 1. The molecule has 0 aromatic carbocycles. The van der Waals surface area contributed by atoms with Gasteiger partial charge in [-0.1, -0.05) is 0 Å². The standard InChI is InChI=1S/C5H8NO3/c7-3-1-4(5(8)9)6-2-3/h3-4,6-7H,1-2H2/q-2/p+1/t3?,4-/m0/s1. The van der Waals surface area contributed by atoms with Crippen molar-refractivity contribution in [3.63, 3.8) is 0 Å². The molecule has 4 nitrogen and oxygen atoms in total. The molecule has 1 heterocycles. The predicted molar refractivity (Wildman–Crippen MR) is 24.4 cm³/mol. The summed E-state index contributed by atoms with van der Waals surface area (Å²) in [6.45, 7) is 0.485. The number of nitrogens with two attached hydrogens (primary N) is 1. The third-order valence-corrected chi connectivity index (χ3v) is 1.52. The fourth-order valence-electron chi connectivity index (χ4n) is 0.999. The quantitative estimate of drug-likeness (QED) is 0.379. The van der Waals surface area contributed by atoms with E-state index in [2.05, 4.69) is 0 Å². The minimum absolute atomic E-state index is 0.322. The average Bonchev–Trinajstić information content (AvgIpc) is 2.14. The van der Waals surface area contributed by atoms with E-state index in [1.54, 1.807) is 5.32 Å². The Hall–Kier alpha value is -0.160. The van der Waals surface area contributed by atoms with Crippen molar-refractivity contribution in [3.8, 4) is 0 Å². The van der Waals surface area contributed by atoms with Crippen LogP contribution in [0.2, 0.25) is 0 Å². The summed E-state index contributed by atoms with van der Waals surface area (Å²) in [5.41, 5.74) is 0. The van der Waals surface area contributed by atoms with E-state index >= 15 is 0 Å². The second kappa shape index (κ2) is 2.62. The van der Waals surface area contributed by atoms with Crippen molar-refractivity contribution in [1.29, 1.82) is 0 Å². The Morgan fingerprint density at radius 3 is 2.44 bits per heavy atom. The van der Waals surface area contributed by atoms with Gasteiger partial charge in [-0.25, -0.2) is 0 Å². The van der Waals surface area contributed by atoms with Crippen LogP contribution in [0.3, 0.4) is 0 Å². The smallest absolute Gasteiger partial charge is 0.108 e. The van der Waals surface area contributed by atoms with Gasteiger partial charge in [0.25, 0.3) is 0 Å². The molecule has 1 aliphatic heterocycles. The number of aliphatic hydroxyl groups excluding tert-OH is 1. The van der Waals surface area contributed by atoms with Crippen LogP contribution in [0.1, 0.15) is 6.42 Å². The van der Waals surface area contributed by atoms with Gasteiger partial charge in [0.15, 0.2) is 0 Å². The van der Waals surface area contributed by atoms with E-state index < -0.39 is 18.4 Å². The summed E-state index contributed by atoms with van der Waals surface area (Å²) < 4.78 is 0. The molecule has 1 aliphatic rings. The molecule has 3 N–H and O–H groups in total. The maximum atomic E-state index is 10.1. The van der Waals surface area contributed by atoms with Crippen molar-refractivity contribution in [2.45, 2.75) is 18.6 Å². The molecule has 0 aromatic heterocycles. The fraction of sp³-hybridized carbons (Fsp3) is 0.800. The fourth-order valence-corrected chi connectivity index (χ4v) is 0.999. The highest BCUT2D eigenvalue weighted by Gasteiger charge is 2.23. The van der Waals surface area contributed by atoms with Crippen molar-refractivity contribution in [3.05, 3.63) is 6.29 Å². The van der Waals surface area contributed by atoms with Gasteiger partial charge in [0.1, 0.15) is 12.6 Å². The average molecular weight is 131 g/mol. The topological polar surface area (TPSA) is 83.0 Å². The Morgan fingerprint density at radius 2 is 2.22 bits per heavy atom. The van der Waals surface area contributed by atoms with Crippen molar-refractivity contribution in [1.82, 2.24) is 0 Å². The van der Waals surface area contributed by atoms with Crippen molar-refractivity contribution < 1.29 is 20.6 Å². The first-order chi connectivity index (χ1) is 4.20. The van der Waals surface area contributed by atoms with E-state index in [9.17, 15) is 10.2 Å². The Morgan fingerprint density at radius 1 is 1.56 bits per heavy atom. The summed E-state index contributed by atoms with van der Waals surface area (Å²) >= 11 is 0. The molecule has 9 heavy (non-hydrogen) atoms. The van der Waals surface area contributed by atoms with E-state index in [0.29, 0.717) is 13.0 Å². The van der Waals surface area contributed by atoms with E-state index in [0.717, 1.165) is 0 Å². The summed E-state index contributed by atoms with van der Waals surface area (Å²) in [5.74, 6) is 0. The number of aliphatic hydroxyl groups is 1. The Balaban J connectivity index is 2.30. The van der Waals surface area contributed by atoms with Gasteiger partial charge < -0.3 is 20.6 Å². The van der Waals surface area contributed by atoms with Crippen LogP contribution in [0.25, 0.3) is 0 Å². The van der Waals surface area contributed by atoms with Crippen LogP contribution in [-0.2, 0) is 0 Å². The van der Waals surface area contributed by atoms with Crippen LogP contribution >= 0.6 is 0 Å². The van der Waals surface area contributed by atoms with Crippen LogP contribution in [-0.4, -0.2) is 23.8 Å². The summed E-state index contributed by atoms with van der Waals surface area (Å²) in [6, 6.07) is -0.528. The maximum absolute atomic E-state index is 10.1. The lowest BCUT2D eigenvalue weighted by molar-refractivity contribution is -0.727. The van der Waals surface area contributed by atoms with Gasteiger partial charge in [0.05, 0.1) is 6.04 Å². The molecule has 1 saturated heterocycles. The normalized spacial score (nSPS) is 36.0. The highest BCUT2D eigenvalue weighted by molar-refractivity contribution is 4.75. The Kier molecular flexibility index (Phi) is 2.02. The van der Waals surface area contributed by atoms with Crippen molar-refractivity contribution >= 4 is 0 Å². The lowest BCUT2D eigenvalue weighted by Crippen LogP contribution is -2.90. The molecule has 0 spiro atoms. The highest BCUT2D eigenvalue weighted by Crippen LogP contribution is 2.01. The first-order valence-electron chi connectivity index (χ1n) is 2.92. The monoisotopic (exact) mass is 131 g/mol. The zero-order chi connectivity index (χ0) is 6.85. The predicted octanol–water partition coefficient (Wildman–Crippen LogP) is -4.11. The second-order valence-corrected chi connectivity index (χ2v) is 2.29. The first kappa shape index (κ1) is 6.95. The molecule has 4 heteroatoms. The molecule has 1 rings (SSSR count). The molecular weight excluding hydrogens is 122 g/mol. The zero-order valence-corrected chi connectivity index (χ0v) is 4.91. The molecule has 0 bridgehead atoms. The summed E-state index contributed by atoms with van der Waals surface area (Å²) in [5, 5.41) is 30.6. The van der Waals surface area contributed by atoms with Crippen LogP contribution in [0.5, 0.6) is 0 Å². The Labute approximate surface area is 53.1 Å². The molecule has 1 unspecified atom stereocenters. The number of hydrogen-bond donors (Lipinski definition) is 2. The van der Waals surface area contributed by atoms with Gasteiger partial charge in [0.2, 0.25) is 0 Å². The highest BCUT2D eigenvalue weighted by atomic mass is 16.5. The zero-order valence-electron chi connectivity index (χ0n) is 4.91. The molecule has 1 radical (unpaired) electrons. The molecule has 0 saturated carbocycles. The van der Waals surface area contributed by atoms with Crippen LogP contribution in [0.15, 0.2) is 0 Å². The lowest BCUT2D eigenvalue weighted by Gasteiger charge is -2.32. The van der Waals surface area contributed by atoms with E-state index in [4.69, 9.17) is 5.11 Å². The van der Waals surface area contributed by atoms with Gasteiger partial charge in [-0.15, -0.1) is 0 Å². The first-order valence-corrected chi connectivity index (χ1v) is 2.92. The van der Waals surface area contributed by atoms with E-state index in [1.165, 1.54) is 0 Å². The summed E-state index contributed by atoms with van der Waals surface area (Å²) in [4.78, 5) is 0. The minimum Gasteiger partial charge on any atom is -0.860 e. The Bertz CT molecular complexity index is 96.2. The third kappa shape index (κ3) is 1.62.